The third-order valence-corrected chi connectivity index (χ3v) is 3.20. The number of rotatable bonds is 5. The molecule has 0 bridgehead atoms. The van der Waals surface area contributed by atoms with E-state index in [0.717, 1.165) is 13.1 Å². The van der Waals surface area contributed by atoms with Crippen molar-refractivity contribution < 1.29 is 14.3 Å². The first-order chi connectivity index (χ1) is 8.93. The van der Waals surface area contributed by atoms with E-state index >= 15 is 0 Å². The van der Waals surface area contributed by atoms with Crippen LogP contribution in [-0.2, 0) is 14.3 Å². The lowest BCUT2D eigenvalue weighted by molar-refractivity contribution is -0.142. The summed E-state index contributed by atoms with van der Waals surface area (Å²) in [6.45, 7) is 8.82. The summed E-state index contributed by atoms with van der Waals surface area (Å²) < 4.78 is 5.03. The van der Waals surface area contributed by atoms with Gasteiger partial charge in [0.2, 0.25) is 5.91 Å². The Morgan fingerprint density at radius 2 is 1.74 bits per heavy atom. The van der Waals surface area contributed by atoms with Gasteiger partial charge in [0.05, 0.1) is 6.54 Å². The van der Waals surface area contributed by atoms with Gasteiger partial charge in [0.25, 0.3) is 5.91 Å². The molecule has 2 amide bonds. The molecular formula is C13H25N3O3. The van der Waals surface area contributed by atoms with Crippen molar-refractivity contribution in [3.8, 4) is 0 Å². The van der Waals surface area contributed by atoms with E-state index < -0.39 is 6.10 Å². The van der Waals surface area contributed by atoms with Crippen molar-refractivity contribution in [1.82, 2.24) is 15.1 Å². The van der Waals surface area contributed by atoms with Crippen LogP contribution in [0.2, 0.25) is 0 Å². The number of methoxy groups -OCH3 is 1. The van der Waals surface area contributed by atoms with Gasteiger partial charge in [-0.15, -0.1) is 0 Å². The Kier molecular flexibility index (Phi) is 6.24. The van der Waals surface area contributed by atoms with Gasteiger partial charge in [0.1, 0.15) is 6.10 Å². The lowest BCUT2D eigenvalue weighted by Gasteiger charge is -2.35. The van der Waals surface area contributed by atoms with E-state index in [9.17, 15) is 9.59 Å². The summed E-state index contributed by atoms with van der Waals surface area (Å²) in [7, 11) is 1.54. The molecular weight excluding hydrogens is 246 g/mol. The van der Waals surface area contributed by atoms with Gasteiger partial charge in [-0.25, -0.2) is 0 Å². The topological polar surface area (TPSA) is 61.9 Å². The predicted molar refractivity (Wildman–Crippen MR) is 72.8 cm³/mol. The lowest BCUT2D eigenvalue weighted by Crippen LogP contribution is -2.53. The van der Waals surface area contributed by atoms with E-state index in [1.807, 2.05) is 13.8 Å². The van der Waals surface area contributed by atoms with E-state index in [1.165, 1.54) is 7.11 Å². The molecule has 0 spiro atoms. The van der Waals surface area contributed by atoms with Crippen molar-refractivity contribution in [2.24, 2.45) is 0 Å². The Hall–Kier alpha value is -1.14. The third-order valence-electron chi connectivity index (χ3n) is 3.20. The van der Waals surface area contributed by atoms with Crippen molar-refractivity contribution in [1.29, 1.82) is 0 Å². The van der Waals surface area contributed by atoms with Gasteiger partial charge < -0.3 is 15.0 Å². The van der Waals surface area contributed by atoms with Gasteiger partial charge >= 0.3 is 0 Å². The van der Waals surface area contributed by atoms with E-state index in [-0.39, 0.29) is 17.9 Å². The Morgan fingerprint density at radius 3 is 2.21 bits per heavy atom. The summed E-state index contributed by atoms with van der Waals surface area (Å²) in [5.74, 6) is 0.0637. The number of carbonyl (C=O) groups excluding carboxylic acids is 2. The molecule has 6 heteroatoms. The lowest BCUT2D eigenvalue weighted by atomic mass is 10.2. The fourth-order valence-electron chi connectivity index (χ4n) is 2.06. The van der Waals surface area contributed by atoms with Gasteiger partial charge in [-0.2, -0.15) is 0 Å². The van der Waals surface area contributed by atoms with Crippen LogP contribution in [0.4, 0.5) is 0 Å². The summed E-state index contributed by atoms with van der Waals surface area (Å²) in [5, 5.41) is 2.87. The second kappa shape index (κ2) is 7.45. The first kappa shape index (κ1) is 15.9. The Balaban J connectivity index is 2.33. The van der Waals surface area contributed by atoms with Gasteiger partial charge in [0, 0.05) is 39.3 Å². The molecule has 0 saturated carbocycles. The molecule has 110 valence electrons. The minimum atomic E-state index is -0.393. The number of nitrogens with zero attached hydrogens (tertiary/aromatic N) is 2. The van der Waals surface area contributed by atoms with Gasteiger partial charge in [-0.3, -0.25) is 14.5 Å². The quantitative estimate of drug-likeness (QED) is 0.745. The highest BCUT2D eigenvalue weighted by Gasteiger charge is 2.25. The summed E-state index contributed by atoms with van der Waals surface area (Å²) in [4.78, 5) is 27.4. The summed E-state index contributed by atoms with van der Waals surface area (Å²) >= 11 is 0. The Bertz CT molecular complexity index is 312. The van der Waals surface area contributed by atoms with Crippen LogP contribution < -0.4 is 5.32 Å². The molecule has 1 aliphatic rings. The zero-order valence-electron chi connectivity index (χ0n) is 12.3. The average molecular weight is 271 g/mol. The number of hydrogen-bond donors (Lipinski definition) is 1. The minimum absolute atomic E-state index is 0.0220. The Morgan fingerprint density at radius 1 is 1.16 bits per heavy atom. The van der Waals surface area contributed by atoms with Crippen LogP contribution in [0.1, 0.15) is 20.8 Å². The molecule has 1 heterocycles. The SMILES string of the molecule is COC(C)C(=O)N1CCN(CC(=O)NC(C)C)CC1. The highest BCUT2D eigenvalue weighted by Crippen LogP contribution is 2.05. The second-order valence-electron chi connectivity index (χ2n) is 5.20. The highest BCUT2D eigenvalue weighted by atomic mass is 16.5. The molecule has 0 aliphatic carbocycles. The fraction of sp³-hybridized carbons (Fsp3) is 0.846. The van der Waals surface area contributed by atoms with Crippen LogP contribution in [0.15, 0.2) is 0 Å². The number of hydrogen-bond acceptors (Lipinski definition) is 4. The van der Waals surface area contributed by atoms with Gasteiger partial charge in [0.15, 0.2) is 0 Å². The standard InChI is InChI=1S/C13H25N3O3/c1-10(2)14-12(17)9-15-5-7-16(8-6-15)13(18)11(3)19-4/h10-11H,5-9H2,1-4H3,(H,14,17). The maximum absolute atomic E-state index is 11.9. The van der Waals surface area contributed by atoms with Gasteiger partial charge in [-0.05, 0) is 20.8 Å². The zero-order chi connectivity index (χ0) is 14.4. The minimum Gasteiger partial charge on any atom is -0.372 e. The maximum atomic E-state index is 11.9. The van der Waals surface area contributed by atoms with E-state index in [1.54, 1.807) is 11.8 Å². The van der Waals surface area contributed by atoms with Crippen molar-refractivity contribution in [2.75, 3.05) is 39.8 Å². The van der Waals surface area contributed by atoms with Crippen molar-refractivity contribution in [2.45, 2.75) is 32.9 Å². The van der Waals surface area contributed by atoms with Crippen molar-refractivity contribution >= 4 is 11.8 Å². The Labute approximate surface area is 115 Å². The molecule has 1 atom stereocenters. The molecule has 0 radical (unpaired) electrons. The maximum Gasteiger partial charge on any atom is 0.251 e. The van der Waals surface area contributed by atoms with Crippen molar-refractivity contribution in [3.63, 3.8) is 0 Å². The predicted octanol–water partition coefficient (Wildman–Crippen LogP) is -0.310. The van der Waals surface area contributed by atoms with Crippen LogP contribution in [0.3, 0.4) is 0 Å². The van der Waals surface area contributed by atoms with E-state index in [0.29, 0.717) is 19.6 Å². The molecule has 1 rings (SSSR count). The van der Waals surface area contributed by atoms with Gasteiger partial charge in [-0.1, -0.05) is 0 Å². The van der Waals surface area contributed by atoms with Crippen molar-refractivity contribution in [3.05, 3.63) is 0 Å². The smallest absolute Gasteiger partial charge is 0.251 e. The molecule has 0 aromatic heterocycles. The fourth-order valence-corrected chi connectivity index (χ4v) is 2.06. The van der Waals surface area contributed by atoms with Crippen LogP contribution in [0, 0.1) is 0 Å². The highest BCUT2D eigenvalue weighted by molar-refractivity contribution is 5.81. The number of piperazine rings is 1. The molecule has 1 N–H and O–H groups in total. The number of amides is 2. The van der Waals surface area contributed by atoms with Crippen LogP contribution >= 0.6 is 0 Å². The number of ether oxygens (including phenoxy) is 1. The van der Waals surface area contributed by atoms with Crippen LogP contribution in [-0.4, -0.2) is 73.6 Å². The molecule has 6 nitrogen and oxygen atoms in total. The zero-order valence-corrected chi connectivity index (χ0v) is 12.3. The van der Waals surface area contributed by atoms with Crippen LogP contribution in [0.25, 0.3) is 0 Å². The molecule has 1 fully saturated rings. The molecule has 19 heavy (non-hydrogen) atoms. The second-order valence-corrected chi connectivity index (χ2v) is 5.20. The number of carbonyl (C=O) groups is 2. The summed E-state index contributed by atoms with van der Waals surface area (Å²) in [6, 6.07) is 0.165. The number of nitrogens with one attached hydrogen (secondary N) is 1. The molecule has 1 aliphatic heterocycles. The first-order valence-electron chi connectivity index (χ1n) is 6.77. The largest absolute Gasteiger partial charge is 0.372 e. The van der Waals surface area contributed by atoms with Crippen LogP contribution in [0.5, 0.6) is 0 Å². The summed E-state index contributed by atoms with van der Waals surface area (Å²) in [5.41, 5.74) is 0. The molecule has 0 aromatic rings. The molecule has 1 unspecified atom stereocenters. The third kappa shape index (κ3) is 5.16. The van der Waals surface area contributed by atoms with E-state index in [2.05, 4.69) is 10.2 Å². The van der Waals surface area contributed by atoms with E-state index in [4.69, 9.17) is 4.74 Å². The molecule has 0 aromatic carbocycles. The normalized spacial score (nSPS) is 18.5. The summed E-state index contributed by atoms with van der Waals surface area (Å²) in [6.07, 6.45) is -0.393. The molecule has 1 saturated heterocycles. The first-order valence-corrected chi connectivity index (χ1v) is 6.77. The monoisotopic (exact) mass is 271 g/mol. The average Bonchev–Trinajstić information content (AvgIpc) is 2.36.